The monoisotopic (exact) mass is 603 g/mol. The first-order valence-electron chi connectivity index (χ1n) is 13.8. The van der Waals surface area contributed by atoms with Crippen LogP contribution in [0, 0.1) is 12.7 Å². The molecule has 0 aliphatic rings. The Morgan fingerprint density at radius 3 is 2.09 bits per heavy atom. The van der Waals surface area contributed by atoms with Crippen molar-refractivity contribution in [2.75, 3.05) is 17.4 Å². The minimum absolute atomic E-state index is 0.00654. The second kappa shape index (κ2) is 14.0. The number of benzene rings is 4. The van der Waals surface area contributed by atoms with Gasteiger partial charge in [-0.3, -0.25) is 13.9 Å². The minimum Gasteiger partial charge on any atom is -0.457 e. The van der Waals surface area contributed by atoms with Gasteiger partial charge in [-0.1, -0.05) is 54.1 Å². The van der Waals surface area contributed by atoms with Crippen molar-refractivity contribution < 1.29 is 27.1 Å². The van der Waals surface area contributed by atoms with Crippen molar-refractivity contribution >= 4 is 27.5 Å². The van der Waals surface area contributed by atoms with Gasteiger partial charge in [0.2, 0.25) is 11.8 Å². The van der Waals surface area contributed by atoms with Crippen LogP contribution in [0.4, 0.5) is 10.1 Å². The van der Waals surface area contributed by atoms with Crippen molar-refractivity contribution in [2.24, 2.45) is 0 Å². The minimum atomic E-state index is -4.24. The largest absolute Gasteiger partial charge is 0.457 e. The highest BCUT2D eigenvalue weighted by atomic mass is 32.2. The lowest BCUT2D eigenvalue weighted by Gasteiger charge is -2.32. The number of nitrogens with one attached hydrogen (secondary N) is 1. The van der Waals surface area contributed by atoms with Gasteiger partial charge < -0.3 is 15.0 Å². The number of hydrogen-bond donors (Lipinski definition) is 1. The third-order valence-corrected chi connectivity index (χ3v) is 8.60. The number of aryl methyl sites for hydroxylation is 1. The summed E-state index contributed by atoms with van der Waals surface area (Å²) in [5, 5.41) is 2.68. The van der Waals surface area contributed by atoms with E-state index in [1.807, 2.05) is 25.1 Å². The lowest BCUT2D eigenvalue weighted by atomic mass is 10.1. The van der Waals surface area contributed by atoms with E-state index >= 15 is 0 Å². The predicted molar refractivity (Wildman–Crippen MR) is 164 cm³/mol. The first kappa shape index (κ1) is 31.2. The Kier molecular flexibility index (Phi) is 10.2. The molecule has 0 heterocycles. The van der Waals surface area contributed by atoms with E-state index in [9.17, 15) is 22.4 Å². The smallest absolute Gasteiger partial charge is 0.264 e. The van der Waals surface area contributed by atoms with Gasteiger partial charge in [0.05, 0.1) is 10.6 Å². The summed E-state index contributed by atoms with van der Waals surface area (Å²) in [5.74, 6) is -0.580. The Labute approximate surface area is 251 Å². The van der Waals surface area contributed by atoms with E-state index in [-0.39, 0.29) is 22.7 Å². The summed E-state index contributed by atoms with van der Waals surface area (Å²) in [7, 11) is -4.24. The molecule has 2 amide bonds. The predicted octanol–water partition coefficient (Wildman–Crippen LogP) is 5.68. The van der Waals surface area contributed by atoms with Crippen LogP contribution in [0.2, 0.25) is 0 Å². The zero-order chi connectivity index (χ0) is 31.0. The van der Waals surface area contributed by atoms with Crippen molar-refractivity contribution in [2.45, 2.75) is 38.3 Å². The van der Waals surface area contributed by atoms with Crippen LogP contribution < -0.4 is 14.4 Å². The van der Waals surface area contributed by atoms with Crippen molar-refractivity contribution in [3.8, 4) is 11.5 Å². The van der Waals surface area contributed by atoms with E-state index in [2.05, 4.69) is 5.32 Å². The lowest BCUT2D eigenvalue weighted by Crippen LogP contribution is -2.51. The third-order valence-electron chi connectivity index (χ3n) is 6.81. The summed E-state index contributed by atoms with van der Waals surface area (Å²) < 4.78 is 49.4. The Hall–Kier alpha value is -4.70. The van der Waals surface area contributed by atoms with Gasteiger partial charge in [0.15, 0.2) is 0 Å². The van der Waals surface area contributed by atoms with E-state index in [1.165, 1.54) is 42.2 Å². The lowest BCUT2D eigenvalue weighted by molar-refractivity contribution is -0.139. The molecule has 0 unspecified atom stereocenters. The van der Waals surface area contributed by atoms with Gasteiger partial charge in [0, 0.05) is 18.7 Å². The molecule has 0 spiro atoms. The molecule has 0 radical (unpaired) electrons. The molecule has 8 nitrogen and oxygen atoms in total. The summed E-state index contributed by atoms with van der Waals surface area (Å²) in [5.41, 5.74) is 1.28. The van der Waals surface area contributed by atoms with Gasteiger partial charge in [-0.15, -0.1) is 0 Å². The molecular weight excluding hydrogens is 569 g/mol. The number of para-hydroxylation sites is 1. The summed E-state index contributed by atoms with van der Waals surface area (Å²) >= 11 is 0. The summed E-state index contributed by atoms with van der Waals surface area (Å²) in [6.07, 6.45) is 0. The van der Waals surface area contributed by atoms with E-state index in [0.717, 1.165) is 9.87 Å². The molecule has 0 aromatic heterocycles. The molecule has 0 bridgehead atoms. The summed E-state index contributed by atoms with van der Waals surface area (Å²) in [4.78, 5) is 27.9. The fourth-order valence-electron chi connectivity index (χ4n) is 4.39. The van der Waals surface area contributed by atoms with E-state index in [0.29, 0.717) is 18.0 Å². The molecule has 224 valence electrons. The molecule has 0 fully saturated rings. The number of amides is 2. The first-order chi connectivity index (χ1) is 20.6. The number of carbonyl (C=O) groups is 2. The molecule has 1 atom stereocenters. The molecule has 0 aliphatic carbocycles. The average molecular weight is 604 g/mol. The zero-order valence-corrected chi connectivity index (χ0v) is 25.1. The van der Waals surface area contributed by atoms with Crippen LogP contribution in [0.3, 0.4) is 0 Å². The molecule has 1 N–H and O–H groups in total. The summed E-state index contributed by atoms with van der Waals surface area (Å²) in [6, 6.07) is 26.7. The highest BCUT2D eigenvalue weighted by molar-refractivity contribution is 7.92. The Balaban J connectivity index is 1.71. The van der Waals surface area contributed by atoms with Crippen LogP contribution in [-0.4, -0.2) is 44.3 Å². The second-order valence-corrected chi connectivity index (χ2v) is 11.8. The van der Waals surface area contributed by atoms with Gasteiger partial charge in [-0.25, -0.2) is 12.8 Å². The fourth-order valence-corrected chi connectivity index (χ4v) is 5.80. The molecule has 0 saturated heterocycles. The number of halogens is 1. The number of likely N-dealkylation sites (N-methyl/N-ethyl adjacent to an activating group) is 1. The first-order valence-corrected chi connectivity index (χ1v) is 15.3. The van der Waals surface area contributed by atoms with Gasteiger partial charge in [0.25, 0.3) is 10.0 Å². The van der Waals surface area contributed by atoms with Crippen LogP contribution in [0.25, 0.3) is 0 Å². The molecule has 4 rings (SSSR count). The zero-order valence-electron chi connectivity index (χ0n) is 24.2. The van der Waals surface area contributed by atoms with Crippen molar-refractivity contribution in [1.82, 2.24) is 10.2 Å². The standard InChI is InChI=1S/C33H34FN3O5S/c1-4-35-33(39)25(3)36(22-26-10-8-9-13-31(26)34)32(38)23-37(43(40,41)30-20-14-24(2)15-21-30)27-16-18-29(19-17-27)42-28-11-6-5-7-12-28/h5-21,25H,4,22-23H2,1-3H3,(H,35,39)/t25-/m1/s1. The van der Waals surface area contributed by atoms with Gasteiger partial charge in [-0.05, 0) is 75.4 Å². The van der Waals surface area contributed by atoms with Gasteiger partial charge >= 0.3 is 0 Å². The maximum Gasteiger partial charge on any atom is 0.264 e. The fraction of sp³-hybridized carbons (Fsp3) is 0.212. The third kappa shape index (κ3) is 7.78. The highest BCUT2D eigenvalue weighted by Crippen LogP contribution is 2.29. The molecule has 4 aromatic carbocycles. The molecule has 10 heteroatoms. The van der Waals surface area contributed by atoms with Crippen molar-refractivity contribution in [1.29, 1.82) is 0 Å². The molecule has 43 heavy (non-hydrogen) atoms. The molecule has 4 aromatic rings. The van der Waals surface area contributed by atoms with Gasteiger partial charge in [0.1, 0.15) is 29.9 Å². The Bertz CT molecular complexity index is 1650. The number of hydrogen-bond acceptors (Lipinski definition) is 5. The molecular formula is C33H34FN3O5S. The van der Waals surface area contributed by atoms with Crippen LogP contribution >= 0.6 is 0 Å². The van der Waals surface area contributed by atoms with Crippen LogP contribution in [0.5, 0.6) is 11.5 Å². The number of ether oxygens (including phenoxy) is 1. The second-order valence-electron chi connectivity index (χ2n) is 9.92. The Morgan fingerprint density at radius 1 is 0.860 bits per heavy atom. The summed E-state index contributed by atoms with van der Waals surface area (Å²) in [6.45, 7) is 4.58. The highest BCUT2D eigenvalue weighted by Gasteiger charge is 2.32. The van der Waals surface area contributed by atoms with Crippen LogP contribution in [0.15, 0.2) is 108 Å². The number of rotatable bonds is 12. The van der Waals surface area contributed by atoms with Crippen LogP contribution in [0.1, 0.15) is 25.0 Å². The quantitative estimate of drug-likeness (QED) is 0.225. The number of nitrogens with zero attached hydrogens (tertiary/aromatic N) is 2. The topological polar surface area (TPSA) is 96.0 Å². The van der Waals surface area contributed by atoms with Crippen LogP contribution in [-0.2, 0) is 26.2 Å². The number of anilines is 1. The molecule has 0 aliphatic heterocycles. The number of sulfonamides is 1. The van der Waals surface area contributed by atoms with E-state index < -0.39 is 40.2 Å². The van der Waals surface area contributed by atoms with Crippen molar-refractivity contribution in [3.63, 3.8) is 0 Å². The normalized spacial score (nSPS) is 11.8. The molecule has 0 saturated carbocycles. The van der Waals surface area contributed by atoms with E-state index in [1.54, 1.807) is 61.5 Å². The van der Waals surface area contributed by atoms with Gasteiger partial charge in [-0.2, -0.15) is 0 Å². The van der Waals surface area contributed by atoms with Crippen molar-refractivity contribution in [3.05, 3.63) is 120 Å². The Morgan fingerprint density at radius 2 is 1.47 bits per heavy atom. The average Bonchev–Trinajstić information content (AvgIpc) is 3.00. The SMILES string of the molecule is CCNC(=O)[C@@H](C)N(Cc1ccccc1F)C(=O)CN(c1ccc(Oc2ccccc2)cc1)S(=O)(=O)c1ccc(C)cc1. The maximum absolute atomic E-state index is 14.6. The maximum atomic E-state index is 14.6. The number of carbonyl (C=O) groups excluding carboxylic acids is 2. The van der Waals surface area contributed by atoms with E-state index in [4.69, 9.17) is 4.74 Å².